The summed E-state index contributed by atoms with van der Waals surface area (Å²) in [5.41, 5.74) is 6.63. The van der Waals surface area contributed by atoms with Crippen molar-refractivity contribution in [3.8, 4) is 11.5 Å². The predicted molar refractivity (Wildman–Crippen MR) is 147 cm³/mol. The van der Waals surface area contributed by atoms with Gasteiger partial charge in [-0.1, -0.05) is 54.1 Å². The molecule has 0 fully saturated rings. The highest BCUT2D eigenvalue weighted by Crippen LogP contribution is 2.39. The lowest BCUT2D eigenvalue weighted by molar-refractivity contribution is 0.194. The molecule has 1 aliphatic heterocycles. The largest absolute Gasteiger partial charge is 0.322 e. The fourth-order valence-electron chi connectivity index (χ4n) is 5.06. The van der Waals surface area contributed by atoms with Crippen molar-refractivity contribution >= 4 is 23.3 Å². The van der Waals surface area contributed by atoms with Crippen molar-refractivity contribution in [1.29, 1.82) is 0 Å². The Balaban J connectivity index is 1.53. The predicted octanol–water partition coefficient (Wildman–Crippen LogP) is 7.07. The second kappa shape index (κ2) is 9.30. The maximum atomic E-state index is 14.0. The molecule has 6 rings (SSSR count). The van der Waals surface area contributed by atoms with Gasteiger partial charge in [0.1, 0.15) is 5.82 Å². The molecule has 0 radical (unpaired) electrons. The molecule has 3 aromatic carbocycles. The van der Waals surface area contributed by atoms with Crippen molar-refractivity contribution in [1.82, 2.24) is 19.2 Å². The molecule has 7 heteroatoms. The number of carbonyl (C=O) groups is 1. The number of amides is 2. The minimum Gasteiger partial charge on any atom is -0.308 e. The van der Waals surface area contributed by atoms with E-state index >= 15 is 0 Å². The number of aromatic nitrogens is 3. The average molecular weight is 508 g/mol. The summed E-state index contributed by atoms with van der Waals surface area (Å²) in [7, 11) is 0. The molecule has 0 bridgehead atoms. The zero-order valence-electron chi connectivity index (χ0n) is 20.6. The van der Waals surface area contributed by atoms with Gasteiger partial charge in [-0.05, 0) is 73.5 Å². The molecule has 0 spiro atoms. The van der Waals surface area contributed by atoms with Crippen molar-refractivity contribution < 1.29 is 4.79 Å². The standard InChI is InChI=1S/C30H26ClN5O/c1-20-8-6-9-24(18-20)32-30(37)35-19-26-21(2)33-36(25-10-4-3-5-11-25)29(26)34-17-7-12-27(34)28(35)22-13-15-23(31)16-14-22/h3-18,28H,19H2,1-2H3,(H,32,37)/t28-/m0/s1. The molecule has 1 N–H and O–H groups in total. The van der Waals surface area contributed by atoms with E-state index in [1.807, 2.05) is 115 Å². The van der Waals surface area contributed by atoms with Gasteiger partial charge < -0.3 is 14.8 Å². The first-order chi connectivity index (χ1) is 18.0. The maximum Gasteiger partial charge on any atom is 0.322 e. The van der Waals surface area contributed by atoms with Crippen LogP contribution in [0.1, 0.15) is 34.1 Å². The lowest BCUT2D eigenvalue weighted by atomic mass is 10.0. The number of urea groups is 1. The third-order valence-electron chi connectivity index (χ3n) is 6.80. The highest BCUT2D eigenvalue weighted by molar-refractivity contribution is 6.30. The quantitative estimate of drug-likeness (QED) is 0.284. The molecule has 1 aliphatic rings. The monoisotopic (exact) mass is 507 g/mol. The van der Waals surface area contributed by atoms with Crippen LogP contribution < -0.4 is 5.32 Å². The Morgan fingerprint density at radius 2 is 1.73 bits per heavy atom. The number of carbonyl (C=O) groups excluding carboxylic acids is 1. The summed E-state index contributed by atoms with van der Waals surface area (Å²) in [5, 5.41) is 8.68. The van der Waals surface area contributed by atoms with Crippen LogP contribution in [0.25, 0.3) is 11.5 Å². The Bertz CT molecular complexity index is 1590. The molecule has 0 unspecified atom stereocenters. The minimum absolute atomic E-state index is 0.182. The zero-order valence-corrected chi connectivity index (χ0v) is 21.4. The summed E-state index contributed by atoms with van der Waals surface area (Å²) in [5.74, 6) is 0.938. The van der Waals surface area contributed by atoms with Crippen LogP contribution >= 0.6 is 11.6 Å². The first kappa shape index (κ1) is 23.1. The molecule has 2 aromatic heterocycles. The van der Waals surface area contributed by atoms with E-state index in [0.29, 0.717) is 11.6 Å². The Labute approximate surface area is 220 Å². The van der Waals surface area contributed by atoms with Gasteiger partial charge in [-0.15, -0.1) is 0 Å². The number of para-hydroxylation sites is 1. The summed E-state index contributed by atoms with van der Waals surface area (Å²) >= 11 is 6.24. The number of nitrogens with one attached hydrogen (secondary N) is 1. The van der Waals surface area contributed by atoms with E-state index in [1.54, 1.807) is 0 Å². The van der Waals surface area contributed by atoms with Crippen LogP contribution in [0.2, 0.25) is 5.02 Å². The van der Waals surface area contributed by atoms with E-state index in [1.165, 1.54) is 0 Å². The molecule has 2 amide bonds. The topological polar surface area (TPSA) is 55.1 Å². The Morgan fingerprint density at radius 1 is 0.946 bits per heavy atom. The molecule has 3 heterocycles. The normalized spacial score (nSPS) is 14.6. The SMILES string of the molecule is Cc1cccc(NC(=O)N2Cc3c(C)nn(-c4ccccc4)c3-n3cccc3[C@@H]2c2ccc(Cl)cc2)c1. The lowest BCUT2D eigenvalue weighted by Gasteiger charge is -2.31. The first-order valence-electron chi connectivity index (χ1n) is 12.2. The van der Waals surface area contributed by atoms with Gasteiger partial charge in [0.25, 0.3) is 0 Å². The van der Waals surface area contributed by atoms with Gasteiger partial charge >= 0.3 is 6.03 Å². The molecular formula is C30H26ClN5O. The molecule has 1 atom stereocenters. The zero-order chi connectivity index (χ0) is 25.5. The molecule has 0 saturated carbocycles. The second-order valence-corrected chi connectivity index (χ2v) is 9.76. The third-order valence-corrected chi connectivity index (χ3v) is 7.05. The van der Waals surface area contributed by atoms with Gasteiger partial charge in [0.05, 0.1) is 29.7 Å². The van der Waals surface area contributed by atoms with Gasteiger partial charge in [0, 0.05) is 22.5 Å². The Kier molecular flexibility index (Phi) is 5.81. The van der Waals surface area contributed by atoms with Crippen LogP contribution in [0.4, 0.5) is 10.5 Å². The molecule has 0 saturated heterocycles. The number of anilines is 1. The molecule has 5 aromatic rings. The maximum absolute atomic E-state index is 14.0. The second-order valence-electron chi connectivity index (χ2n) is 9.32. The molecule has 0 aliphatic carbocycles. The average Bonchev–Trinajstić information content (AvgIpc) is 3.46. The van der Waals surface area contributed by atoms with Crippen molar-refractivity contribution in [3.05, 3.63) is 130 Å². The van der Waals surface area contributed by atoms with Crippen LogP contribution in [0.3, 0.4) is 0 Å². The van der Waals surface area contributed by atoms with Crippen LogP contribution in [0.5, 0.6) is 0 Å². The number of rotatable bonds is 3. The van der Waals surface area contributed by atoms with Crippen molar-refractivity contribution in [2.75, 3.05) is 5.32 Å². The highest BCUT2D eigenvalue weighted by Gasteiger charge is 2.36. The van der Waals surface area contributed by atoms with E-state index in [-0.39, 0.29) is 12.1 Å². The fraction of sp³-hybridized carbons (Fsp3) is 0.133. The van der Waals surface area contributed by atoms with E-state index in [2.05, 4.69) is 16.0 Å². The number of nitrogens with zero attached hydrogens (tertiary/aromatic N) is 4. The molecule has 6 nitrogen and oxygen atoms in total. The van der Waals surface area contributed by atoms with Crippen molar-refractivity contribution in [2.45, 2.75) is 26.4 Å². The summed E-state index contributed by atoms with van der Waals surface area (Å²) in [6.07, 6.45) is 2.04. The van der Waals surface area contributed by atoms with Crippen LogP contribution in [-0.2, 0) is 6.54 Å². The summed E-state index contributed by atoms with van der Waals surface area (Å²) in [4.78, 5) is 15.8. The van der Waals surface area contributed by atoms with Crippen LogP contribution in [0, 0.1) is 13.8 Å². The van der Waals surface area contributed by atoms with Gasteiger partial charge in [-0.2, -0.15) is 5.10 Å². The van der Waals surface area contributed by atoms with E-state index in [0.717, 1.165) is 45.3 Å². The smallest absolute Gasteiger partial charge is 0.308 e. The lowest BCUT2D eigenvalue weighted by Crippen LogP contribution is -2.38. The molecule has 184 valence electrons. The third kappa shape index (κ3) is 4.19. The number of benzene rings is 3. The van der Waals surface area contributed by atoms with Crippen molar-refractivity contribution in [2.24, 2.45) is 0 Å². The fourth-order valence-corrected chi connectivity index (χ4v) is 5.19. The number of hydrogen-bond donors (Lipinski definition) is 1. The number of halogens is 1. The summed E-state index contributed by atoms with van der Waals surface area (Å²) in [6.45, 7) is 4.40. The van der Waals surface area contributed by atoms with Gasteiger partial charge in [-0.25, -0.2) is 9.48 Å². The number of aryl methyl sites for hydroxylation is 2. The Hall–Kier alpha value is -4.29. The number of fused-ring (bicyclic) bond motifs is 3. The first-order valence-corrected chi connectivity index (χ1v) is 12.6. The van der Waals surface area contributed by atoms with Crippen LogP contribution in [-0.4, -0.2) is 25.3 Å². The number of hydrogen-bond acceptors (Lipinski definition) is 2. The molecule has 37 heavy (non-hydrogen) atoms. The summed E-state index contributed by atoms with van der Waals surface area (Å²) in [6, 6.07) is 29.2. The molecular weight excluding hydrogens is 482 g/mol. The van der Waals surface area contributed by atoms with E-state index < -0.39 is 0 Å². The van der Waals surface area contributed by atoms with E-state index in [9.17, 15) is 4.79 Å². The van der Waals surface area contributed by atoms with Crippen LogP contribution in [0.15, 0.2) is 97.2 Å². The highest BCUT2D eigenvalue weighted by atomic mass is 35.5. The van der Waals surface area contributed by atoms with Gasteiger partial charge in [0.2, 0.25) is 0 Å². The summed E-state index contributed by atoms with van der Waals surface area (Å²) < 4.78 is 4.12. The van der Waals surface area contributed by atoms with Crippen molar-refractivity contribution in [3.63, 3.8) is 0 Å². The van der Waals surface area contributed by atoms with Gasteiger partial charge in [0.15, 0.2) is 0 Å². The Morgan fingerprint density at radius 3 is 2.49 bits per heavy atom. The van der Waals surface area contributed by atoms with Gasteiger partial charge in [-0.3, -0.25) is 0 Å². The van der Waals surface area contributed by atoms with E-state index in [4.69, 9.17) is 16.7 Å². The minimum atomic E-state index is -0.340.